The molecule has 0 aliphatic carbocycles. The van der Waals surface area contributed by atoms with Gasteiger partial charge in [0.05, 0.1) is 6.10 Å². The summed E-state index contributed by atoms with van der Waals surface area (Å²) in [4.78, 5) is 21.8. The van der Waals surface area contributed by atoms with E-state index in [9.17, 15) is 9.59 Å². The first-order chi connectivity index (χ1) is 7.50. The first-order valence-corrected chi connectivity index (χ1v) is 5.39. The average molecular weight is 230 g/mol. The van der Waals surface area contributed by atoms with E-state index in [1.165, 1.54) is 6.92 Å². The Bertz CT molecular complexity index is 270. The normalized spacial score (nSPS) is 26.1. The molecule has 0 radical (unpaired) electrons. The van der Waals surface area contributed by atoms with Crippen LogP contribution in [0.2, 0.25) is 0 Å². The molecular weight excluding hydrogens is 212 g/mol. The summed E-state index contributed by atoms with van der Waals surface area (Å²) in [5.74, 6) is -0.737. The highest BCUT2D eigenvalue weighted by atomic mass is 16.5. The Labute approximate surface area is 94.3 Å². The van der Waals surface area contributed by atoms with E-state index < -0.39 is 18.0 Å². The van der Waals surface area contributed by atoms with Crippen molar-refractivity contribution < 1.29 is 19.4 Å². The molecule has 0 bridgehead atoms. The number of aliphatic carboxylic acids is 1. The lowest BCUT2D eigenvalue weighted by Gasteiger charge is -2.16. The number of carboxylic acid groups (broad SMARTS) is 1. The van der Waals surface area contributed by atoms with E-state index in [0.29, 0.717) is 12.5 Å². The first-order valence-electron chi connectivity index (χ1n) is 5.39. The van der Waals surface area contributed by atoms with Crippen molar-refractivity contribution in [3.63, 3.8) is 0 Å². The van der Waals surface area contributed by atoms with Crippen LogP contribution in [-0.4, -0.2) is 42.4 Å². The molecule has 1 heterocycles. The number of rotatable bonds is 4. The maximum Gasteiger partial charge on any atom is 0.325 e. The van der Waals surface area contributed by atoms with E-state index >= 15 is 0 Å². The van der Waals surface area contributed by atoms with Gasteiger partial charge < -0.3 is 20.5 Å². The van der Waals surface area contributed by atoms with E-state index in [2.05, 4.69) is 10.6 Å². The van der Waals surface area contributed by atoms with Crippen LogP contribution in [0.25, 0.3) is 0 Å². The molecule has 1 saturated heterocycles. The zero-order valence-corrected chi connectivity index (χ0v) is 9.53. The number of hydrogen-bond acceptors (Lipinski definition) is 3. The summed E-state index contributed by atoms with van der Waals surface area (Å²) >= 11 is 0. The van der Waals surface area contributed by atoms with Crippen LogP contribution in [0.1, 0.15) is 20.3 Å². The van der Waals surface area contributed by atoms with Crippen molar-refractivity contribution in [2.75, 3.05) is 13.2 Å². The van der Waals surface area contributed by atoms with E-state index in [1.807, 2.05) is 6.92 Å². The molecule has 1 fully saturated rings. The van der Waals surface area contributed by atoms with Crippen molar-refractivity contribution in [2.24, 2.45) is 5.92 Å². The van der Waals surface area contributed by atoms with Gasteiger partial charge in [-0.3, -0.25) is 4.79 Å². The molecule has 3 unspecified atom stereocenters. The standard InChI is InChI=1S/C10H18N2O4/c1-6(9(13)14)12-10(15)11-5-8-3-4-16-7(8)2/h6-8H,3-5H2,1-2H3,(H,13,14)(H2,11,12,15). The van der Waals surface area contributed by atoms with Crippen LogP contribution >= 0.6 is 0 Å². The highest BCUT2D eigenvalue weighted by Crippen LogP contribution is 2.18. The number of amides is 2. The molecule has 0 aromatic carbocycles. The van der Waals surface area contributed by atoms with Gasteiger partial charge in [0.15, 0.2) is 0 Å². The van der Waals surface area contributed by atoms with Crippen LogP contribution in [0.15, 0.2) is 0 Å². The zero-order chi connectivity index (χ0) is 12.1. The molecule has 16 heavy (non-hydrogen) atoms. The molecule has 0 aromatic heterocycles. The van der Waals surface area contributed by atoms with Gasteiger partial charge in [-0.15, -0.1) is 0 Å². The Kier molecular flexibility index (Phi) is 4.54. The lowest BCUT2D eigenvalue weighted by atomic mass is 10.0. The molecule has 3 atom stereocenters. The fourth-order valence-electron chi connectivity index (χ4n) is 1.58. The summed E-state index contributed by atoms with van der Waals surface area (Å²) in [7, 11) is 0. The van der Waals surface area contributed by atoms with Crippen LogP contribution in [0.4, 0.5) is 4.79 Å². The first kappa shape index (κ1) is 12.8. The molecule has 1 aliphatic heterocycles. The maximum atomic E-state index is 11.3. The van der Waals surface area contributed by atoms with Gasteiger partial charge in [-0.1, -0.05) is 0 Å². The van der Waals surface area contributed by atoms with Crippen molar-refractivity contribution >= 4 is 12.0 Å². The maximum absolute atomic E-state index is 11.3. The van der Waals surface area contributed by atoms with E-state index in [-0.39, 0.29) is 6.10 Å². The van der Waals surface area contributed by atoms with Crippen molar-refractivity contribution in [3.05, 3.63) is 0 Å². The largest absolute Gasteiger partial charge is 0.480 e. The number of carbonyl (C=O) groups excluding carboxylic acids is 1. The van der Waals surface area contributed by atoms with Gasteiger partial charge in [0.1, 0.15) is 6.04 Å². The summed E-state index contributed by atoms with van der Waals surface area (Å²) in [5.41, 5.74) is 0. The SMILES string of the molecule is CC(NC(=O)NCC1CCOC1C)C(=O)O. The predicted molar refractivity (Wildman–Crippen MR) is 57.2 cm³/mol. The third-order valence-electron chi connectivity index (χ3n) is 2.78. The van der Waals surface area contributed by atoms with E-state index in [0.717, 1.165) is 13.0 Å². The summed E-state index contributed by atoms with van der Waals surface area (Å²) in [6.07, 6.45) is 1.08. The lowest BCUT2D eigenvalue weighted by molar-refractivity contribution is -0.138. The summed E-state index contributed by atoms with van der Waals surface area (Å²) in [6, 6.07) is -1.33. The van der Waals surface area contributed by atoms with Crippen molar-refractivity contribution in [3.8, 4) is 0 Å². The summed E-state index contributed by atoms with van der Waals surface area (Å²) in [6.45, 7) is 4.63. The molecule has 0 saturated carbocycles. The Morgan fingerprint density at radius 3 is 2.75 bits per heavy atom. The van der Waals surface area contributed by atoms with Crippen LogP contribution < -0.4 is 10.6 Å². The summed E-state index contributed by atoms with van der Waals surface area (Å²) in [5, 5.41) is 13.6. The van der Waals surface area contributed by atoms with Gasteiger partial charge in [-0.25, -0.2) is 4.79 Å². The number of carboxylic acids is 1. The van der Waals surface area contributed by atoms with Crippen LogP contribution in [0.5, 0.6) is 0 Å². The second-order valence-corrected chi connectivity index (χ2v) is 4.04. The fraction of sp³-hybridized carbons (Fsp3) is 0.800. The van der Waals surface area contributed by atoms with Crippen molar-refractivity contribution in [2.45, 2.75) is 32.4 Å². The van der Waals surface area contributed by atoms with Crippen molar-refractivity contribution in [1.82, 2.24) is 10.6 Å². The quantitative estimate of drug-likeness (QED) is 0.643. The van der Waals surface area contributed by atoms with Crippen molar-refractivity contribution in [1.29, 1.82) is 0 Å². The minimum absolute atomic E-state index is 0.150. The second-order valence-electron chi connectivity index (χ2n) is 4.04. The minimum atomic E-state index is -1.05. The Hall–Kier alpha value is -1.30. The highest BCUT2D eigenvalue weighted by molar-refractivity contribution is 5.82. The summed E-state index contributed by atoms with van der Waals surface area (Å²) < 4.78 is 5.35. The Morgan fingerprint density at radius 1 is 1.56 bits per heavy atom. The third-order valence-corrected chi connectivity index (χ3v) is 2.78. The monoisotopic (exact) mass is 230 g/mol. The van der Waals surface area contributed by atoms with Crippen LogP contribution in [0, 0.1) is 5.92 Å². The van der Waals surface area contributed by atoms with Gasteiger partial charge in [0.2, 0.25) is 0 Å². The molecule has 1 rings (SSSR count). The fourth-order valence-corrected chi connectivity index (χ4v) is 1.58. The number of hydrogen-bond donors (Lipinski definition) is 3. The van der Waals surface area contributed by atoms with Gasteiger partial charge in [0.25, 0.3) is 0 Å². The lowest BCUT2D eigenvalue weighted by Crippen LogP contribution is -2.46. The van der Waals surface area contributed by atoms with Crippen LogP contribution in [0.3, 0.4) is 0 Å². The number of nitrogens with one attached hydrogen (secondary N) is 2. The van der Waals surface area contributed by atoms with Gasteiger partial charge in [-0.05, 0) is 20.3 Å². The molecule has 2 amide bonds. The number of ether oxygens (including phenoxy) is 1. The molecule has 0 spiro atoms. The molecule has 0 aromatic rings. The Morgan fingerprint density at radius 2 is 2.25 bits per heavy atom. The van der Waals surface area contributed by atoms with Gasteiger partial charge >= 0.3 is 12.0 Å². The van der Waals surface area contributed by atoms with Crippen LogP contribution in [-0.2, 0) is 9.53 Å². The van der Waals surface area contributed by atoms with Gasteiger partial charge in [0, 0.05) is 19.1 Å². The smallest absolute Gasteiger partial charge is 0.325 e. The number of urea groups is 1. The topological polar surface area (TPSA) is 87.7 Å². The average Bonchev–Trinajstić information content (AvgIpc) is 2.61. The minimum Gasteiger partial charge on any atom is -0.480 e. The second kappa shape index (κ2) is 5.69. The van der Waals surface area contributed by atoms with Gasteiger partial charge in [-0.2, -0.15) is 0 Å². The zero-order valence-electron chi connectivity index (χ0n) is 9.53. The molecule has 3 N–H and O–H groups in total. The molecule has 6 heteroatoms. The molecule has 1 aliphatic rings. The predicted octanol–water partition coefficient (Wildman–Crippen LogP) is 0.184. The third kappa shape index (κ3) is 3.69. The highest BCUT2D eigenvalue weighted by Gasteiger charge is 2.24. The molecular formula is C10H18N2O4. The Balaban J connectivity index is 2.22. The van der Waals surface area contributed by atoms with E-state index in [1.54, 1.807) is 0 Å². The molecule has 6 nitrogen and oxygen atoms in total. The number of carbonyl (C=O) groups is 2. The van der Waals surface area contributed by atoms with E-state index in [4.69, 9.17) is 9.84 Å². The molecule has 92 valence electrons.